The van der Waals surface area contributed by atoms with E-state index in [1.54, 1.807) is 18.2 Å². The van der Waals surface area contributed by atoms with Crippen molar-refractivity contribution in [1.82, 2.24) is 0 Å². The molecule has 4 heteroatoms. The second-order valence-corrected chi connectivity index (χ2v) is 2.08. The van der Waals surface area contributed by atoms with Crippen molar-refractivity contribution in [2.24, 2.45) is 0 Å². The molecule has 0 N–H and O–H groups in total. The van der Waals surface area contributed by atoms with Gasteiger partial charge in [-0.1, -0.05) is 11.6 Å². The number of hydrogen-bond donors (Lipinski definition) is 0. The minimum Gasteiger partial charge on any atom is -0.500 e. The largest absolute Gasteiger partial charge is 0.500 e. The van der Waals surface area contributed by atoms with Gasteiger partial charge >= 0.3 is 0 Å². The average Bonchev–Trinajstić information content (AvgIpc) is 2.17. The van der Waals surface area contributed by atoms with E-state index in [1.165, 1.54) is 7.11 Å². The minimum atomic E-state index is -0.480. The zero-order valence-corrected chi connectivity index (χ0v) is 8.05. The van der Waals surface area contributed by atoms with E-state index in [0.29, 0.717) is 5.56 Å². The van der Waals surface area contributed by atoms with Crippen LogP contribution in [-0.2, 0) is 21.8 Å². The smallest absolute Gasteiger partial charge is 0.267 e. The van der Waals surface area contributed by atoms with Crippen molar-refractivity contribution in [2.75, 3.05) is 7.11 Å². The molecule has 0 spiro atoms. The Morgan fingerprint density at radius 3 is 2.85 bits per heavy atom. The van der Waals surface area contributed by atoms with Crippen LogP contribution in [0.2, 0.25) is 0 Å². The first kappa shape index (κ1) is 11.7. The summed E-state index contributed by atoms with van der Waals surface area (Å²) in [5, 5.41) is 8.48. The fourth-order valence-electron chi connectivity index (χ4n) is 0.763. The van der Waals surface area contributed by atoms with Crippen molar-refractivity contribution >= 4 is 5.97 Å². The summed E-state index contributed by atoms with van der Waals surface area (Å²) >= 11 is 0. The van der Waals surface area contributed by atoms with Gasteiger partial charge < -0.3 is 4.74 Å². The SMILES string of the molecule is COC(=O)c1[c-]c(C#N)ccc1.[Mn]. The molecular weight excluding hydrogens is 209 g/mol. The van der Waals surface area contributed by atoms with E-state index in [0.717, 1.165) is 0 Å². The number of hydrogen-bond acceptors (Lipinski definition) is 3. The maximum Gasteiger partial charge on any atom is 0.267 e. The predicted molar refractivity (Wildman–Crippen MR) is 41.3 cm³/mol. The van der Waals surface area contributed by atoms with Crippen molar-refractivity contribution in [3.8, 4) is 6.07 Å². The maximum atomic E-state index is 10.9. The van der Waals surface area contributed by atoms with Crippen LogP contribution in [-0.4, -0.2) is 13.1 Å². The number of ether oxygens (including phenoxy) is 1. The van der Waals surface area contributed by atoms with Crippen LogP contribution in [0.5, 0.6) is 0 Å². The van der Waals surface area contributed by atoms with Crippen LogP contribution in [0.15, 0.2) is 18.2 Å². The number of nitriles is 1. The van der Waals surface area contributed by atoms with Gasteiger partial charge in [0.15, 0.2) is 0 Å². The summed E-state index contributed by atoms with van der Waals surface area (Å²) in [6.07, 6.45) is 0. The Bertz CT molecular complexity index is 344. The van der Waals surface area contributed by atoms with E-state index < -0.39 is 5.97 Å². The summed E-state index contributed by atoms with van der Waals surface area (Å²) in [6, 6.07) is 9.23. The first-order chi connectivity index (χ1) is 5.77. The Morgan fingerprint density at radius 2 is 2.31 bits per heavy atom. The van der Waals surface area contributed by atoms with Crippen LogP contribution in [0, 0.1) is 17.4 Å². The Hall–Kier alpha value is -1.30. The first-order valence-electron chi connectivity index (χ1n) is 3.28. The molecule has 13 heavy (non-hydrogen) atoms. The van der Waals surface area contributed by atoms with Gasteiger partial charge in [0.25, 0.3) is 5.97 Å². The van der Waals surface area contributed by atoms with Gasteiger partial charge in [-0.15, -0.1) is 18.2 Å². The van der Waals surface area contributed by atoms with E-state index >= 15 is 0 Å². The molecule has 0 saturated carbocycles. The van der Waals surface area contributed by atoms with Gasteiger partial charge in [0.2, 0.25) is 0 Å². The van der Waals surface area contributed by atoms with Crippen LogP contribution in [0.25, 0.3) is 0 Å². The molecule has 1 aromatic carbocycles. The Balaban J connectivity index is 0.00000144. The maximum absolute atomic E-state index is 10.9. The van der Waals surface area contributed by atoms with Gasteiger partial charge in [-0.2, -0.15) is 0 Å². The monoisotopic (exact) mass is 215 g/mol. The fraction of sp³-hybridized carbons (Fsp3) is 0.111. The predicted octanol–water partition coefficient (Wildman–Crippen LogP) is 1.14. The molecule has 0 unspecified atom stereocenters. The molecule has 0 heterocycles. The molecule has 0 atom stereocenters. The third kappa shape index (κ3) is 2.90. The summed E-state index contributed by atoms with van der Waals surface area (Å²) in [6.45, 7) is 0. The van der Waals surface area contributed by atoms with E-state index in [2.05, 4.69) is 10.8 Å². The summed E-state index contributed by atoms with van der Waals surface area (Å²) in [5.74, 6) is -0.480. The van der Waals surface area contributed by atoms with Gasteiger partial charge in [-0.05, 0) is 11.6 Å². The molecule has 3 nitrogen and oxygen atoms in total. The Kier molecular flexibility index (Phi) is 4.83. The number of methoxy groups -OCH3 is 1. The fourth-order valence-corrected chi connectivity index (χ4v) is 0.763. The molecule has 0 bridgehead atoms. The number of nitrogens with zero attached hydrogens (tertiary/aromatic N) is 1. The number of esters is 1. The molecule has 0 aromatic heterocycles. The molecule has 67 valence electrons. The Labute approximate surface area is 86.8 Å². The van der Waals surface area contributed by atoms with Crippen molar-refractivity contribution in [3.63, 3.8) is 0 Å². The van der Waals surface area contributed by atoms with Crippen molar-refractivity contribution < 1.29 is 26.6 Å². The van der Waals surface area contributed by atoms with E-state index in [-0.39, 0.29) is 22.6 Å². The zero-order valence-electron chi connectivity index (χ0n) is 6.87. The summed E-state index contributed by atoms with van der Waals surface area (Å²) in [4.78, 5) is 10.9. The molecular formula is C9H6MnNO2-. The molecule has 0 aliphatic carbocycles. The van der Waals surface area contributed by atoms with Gasteiger partial charge in [0.05, 0.1) is 7.11 Å². The van der Waals surface area contributed by atoms with Crippen LogP contribution >= 0.6 is 0 Å². The van der Waals surface area contributed by atoms with E-state index in [1.807, 2.05) is 6.07 Å². The zero-order chi connectivity index (χ0) is 8.97. The Morgan fingerprint density at radius 1 is 1.62 bits per heavy atom. The van der Waals surface area contributed by atoms with Crippen molar-refractivity contribution in [3.05, 3.63) is 35.4 Å². The number of benzene rings is 1. The van der Waals surface area contributed by atoms with E-state index in [9.17, 15) is 4.79 Å². The summed E-state index contributed by atoms with van der Waals surface area (Å²) in [5.41, 5.74) is 0.606. The van der Waals surface area contributed by atoms with Crippen molar-refractivity contribution in [2.45, 2.75) is 0 Å². The molecule has 0 fully saturated rings. The minimum absolute atomic E-state index is 0. The van der Waals surface area contributed by atoms with Gasteiger partial charge in [0.1, 0.15) is 0 Å². The van der Waals surface area contributed by atoms with Gasteiger partial charge in [0, 0.05) is 17.1 Å². The normalized spacial score (nSPS) is 8.00. The quantitative estimate of drug-likeness (QED) is 0.401. The number of rotatable bonds is 1. The molecule has 0 aliphatic heterocycles. The molecule has 1 radical (unpaired) electrons. The number of carbonyl (C=O) groups is 1. The average molecular weight is 215 g/mol. The van der Waals surface area contributed by atoms with Crippen LogP contribution in [0.4, 0.5) is 0 Å². The summed E-state index contributed by atoms with van der Waals surface area (Å²) < 4.78 is 4.46. The van der Waals surface area contributed by atoms with Crippen LogP contribution < -0.4 is 0 Å². The standard InChI is InChI=1S/C9H6NO2.Mn/c1-12-9(11)8-4-2-3-7(5-8)6-10;/h2-4H,1H3;/q-1;. The molecule has 0 saturated heterocycles. The van der Waals surface area contributed by atoms with E-state index in [4.69, 9.17) is 5.26 Å². The van der Waals surface area contributed by atoms with Crippen molar-refractivity contribution in [1.29, 1.82) is 5.26 Å². The van der Waals surface area contributed by atoms with Gasteiger partial charge in [-0.25, -0.2) is 5.26 Å². The first-order valence-corrected chi connectivity index (χ1v) is 3.28. The number of carbonyl (C=O) groups excluding carboxylic acids is 1. The van der Waals surface area contributed by atoms with Crippen LogP contribution in [0.3, 0.4) is 0 Å². The molecule has 0 aliphatic rings. The van der Waals surface area contributed by atoms with Gasteiger partial charge in [-0.3, -0.25) is 4.79 Å². The van der Waals surface area contributed by atoms with Crippen LogP contribution in [0.1, 0.15) is 15.9 Å². The third-order valence-corrected chi connectivity index (χ3v) is 1.32. The summed E-state index contributed by atoms with van der Waals surface area (Å²) in [7, 11) is 1.29. The third-order valence-electron chi connectivity index (χ3n) is 1.32. The second-order valence-electron chi connectivity index (χ2n) is 2.08. The molecule has 0 amide bonds. The second kappa shape index (κ2) is 5.36. The topological polar surface area (TPSA) is 50.1 Å². The molecule has 1 aromatic rings. The molecule has 1 rings (SSSR count).